The van der Waals surface area contributed by atoms with Crippen LogP contribution in [0.4, 0.5) is 11.4 Å². The first kappa shape index (κ1) is 21.2. The molecule has 0 amide bonds. The summed E-state index contributed by atoms with van der Waals surface area (Å²) in [5.74, 6) is 0.342. The van der Waals surface area contributed by atoms with E-state index >= 15 is 0 Å². The monoisotopic (exact) mass is 364 g/mol. The molecule has 0 aliphatic rings. The van der Waals surface area contributed by atoms with Gasteiger partial charge in [0.15, 0.2) is 0 Å². The minimum atomic E-state index is 0.325. The molecule has 2 atom stereocenters. The smallest absolute Gasteiger partial charge is 0.0689 e. The fourth-order valence-electron chi connectivity index (χ4n) is 3.49. The van der Waals surface area contributed by atoms with E-state index in [2.05, 4.69) is 89.5 Å². The van der Waals surface area contributed by atoms with Gasteiger partial charge in [-0.3, -0.25) is 4.99 Å². The van der Waals surface area contributed by atoms with Gasteiger partial charge in [-0.25, -0.2) is 0 Å². The van der Waals surface area contributed by atoms with Crippen molar-refractivity contribution in [2.24, 2.45) is 10.9 Å². The van der Waals surface area contributed by atoms with Crippen molar-refractivity contribution in [3.05, 3.63) is 58.7 Å². The molecule has 0 saturated carbocycles. The van der Waals surface area contributed by atoms with Crippen LogP contribution in [-0.2, 0) is 25.7 Å². The minimum Gasteiger partial charge on any atom is -0.382 e. The number of aryl methyl sites for hydroxylation is 4. The number of anilines is 1. The van der Waals surface area contributed by atoms with Crippen LogP contribution in [0.15, 0.2) is 41.4 Å². The van der Waals surface area contributed by atoms with Gasteiger partial charge >= 0.3 is 0 Å². The molecule has 146 valence electrons. The Balaban J connectivity index is 2.20. The quantitative estimate of drug-likeness (QED) is 0.487. The fourth-order valence-corrected chi connectivity index (χ4v) is 3.49. The summed E-state index contributed by atoms with van der Waals surface area (Å²) in [6.45, 7) is 13.4. The first-order valence-electron chi connectivity index (χ1n) is 10.6. The summed E-state index contributed by atoms with van der Waals surface area (Å²) < 4.78 is 0. The maximum absolute atomic E-state index is 4.93. The predicted octanol–water partition coefficient (Wildman–Crippen LogP) is 6.78. The van der Waals surface area contributed by atoms with Gasteiger partial charge in [-0.2, -0.15) is 0 Å². The SMILES string of the molecule is CCc1cccc(CC)c1N=CC(C)C(C)Nc1c(CC)cccc1CC. The number of nitrogens with one attached hydrogen (secondary N) is 1. The van der Waals surface area contributed by atoms with Crippen LogP contribution in [0, 0.1) is 5.92 Å². The number of aliphatic imine (C=N–C) groups is 1. The normalized spacial score (nSPS) is 13.7. The highest BCUT2D eigenvalue weighted by Crippen LogP contribution is 2.27. The highest BCUT2D eigenvalue weighted by atomic mass is 14.9. The van der Waals surface area contributed by atoms with E-state index in [1.54, 1.807) is 0 Å². The molecule has 2 aromatic carbocycles. The fraction of sp³-hybridized carbons (Fsp3) is 0.480. The lowest BCUT2D eigenvalue weighted by Gasteiger charge is -2.23. The predicted molar refractivity (Wildman–Crippen MR) is 121 cm³/mol. The molecular weight excluding hydrogens is 328 g/mol. The van der Waals surface area contributed by atoms with Crippen molar-refractivity contribution in [3.63, 3.8) is 0 Å². The van der Waals surface area contributed by atoms with Crippen molar-refractivity contribution in [2.75, 3.05) is 5.32 Å². The summed E-state index contributed by atoms with van der Waals surface area (Å²) in [4.78, 5) is 4.93. The summed E-state index contributed by atoms with van der Waals surface area (Å²) in [6, 6.07) is 13.5. The van der Waals surface area contributed by atoms with Crippen molar-refractivity contribution < 1.29 is 0 Å². The molecule has 2 rings (SSSR count). The van der Waals surface area contributed by atoms with Gasteiger partial charge < -0.3 is 5.32 Å². The van der Waals surface area contributed by atoms with Gasteiger partial charge in [0.25, 0.3) is 0 Å². The van der Waals surface area contributed by atoms with E-state index in [1.165, 1.54) is 33.6 Å². The number of benzene rings is 2. The Morgan fingerprint density at radius 3 is 1.67 bits per heavy atom. The summed E-state index contributed by atoms with van der Waals surface area (Å²) in [5, 5.41) is 3.78. The van der Waals surface area contributed by atoms with Gasteiger partial charge in [0.05, 0.1) is 5.69 Å². The number of nitrogens with zero attached hydrogens (tertiary/aromatic N) is 1. The van der Waals surface area contributed by atoms with Gasteiger partial charge in [-0.1, -0.05) is 71.0 Å². The largest absolute Gasteiger partial charge is 0.382 e. The molecule has 0 aliphatic heterocycles. The second-order valence-corrected chi connectivity index (χ2v) is 7.36. The van der Waals surface area contributed by atoms with Crippen LogP contribution >= 0.6 is 0 Å². The molecule has 0 bridgehead atoms. The summed E-state index contributed by atoms with van der Waals surface area (Å²) in [6.07, 6.45) is 6.27. The van der Waals surface area contributed by atoms with Crippen LogP contribution in [0.3, 0.4) is 0 Å². The molecule has 0 heterocycles. The van der Waals surface area contributed by atoms with Crippen molar-refractivity contribution >= 4 is 17.6 Å². The van der Waals surface area contributed by atoms with E-state index in [0.717, 1.165) is 25.7 Å². The number of rotatable bonds is 9. The second kappa shape index (κ2) is 10.3. The van der Waals surface area contributed by atoms with E-state index in [4.69, 9.17) is 4.99 Å². The Morgan fingerprint density at radius 1 is 0.778 bits per heavy atom. The third-order valence-electron chi connectivity index (χ3n) is 5.56. The summed E-state index contributed by atoms with van der Waals surface area (Å²) in [7, 11) is 0. The Hall–Kier alpha value is -2.09. The average Bonchev–Trinajstić information content (AvgIpc) is 2.71. The van der Waals surface area contributed by atoms with E-state index in [9.17, 15) is 0 Å². The van der Waals surface area contributed by atoms with Crippen LogP contribution in [0.1, 0.15) is 63.8 Å². The van der Waals surface area contributed by atoms with Gasteiger partial charge in [0, 0.05) is 23.9 Å². The highest BCUT2D eigenvalue weighted by Gasteiger charge is 2.14. The van der Waals surface area contributed by atoms with Gasteiger partial charge in [-0.15, -0.1) is 0 Å². The van der Waals surface area contributed by atoms with E-state index < -0.39 is 0 Å². The zero-order valence-electron chi connectivity index (χ0n) is 18.0. The standard InChI is InChI=1S/C25H36N2/c1-7-20-13-11-14-21(8-2)24(20)26-17-18(5)19(6)27-25-22(9-3)15-12-16-23(25)10-4/h11-19,27H,7-10H2,1-6H3. The lowest BCUT2D eigenvalue weighted by Crippen LogP contribution is -2.26. The Labute approximate surface area is 166 Å². The molecule has 0 spiro atoms. The van der Waals surface area contributed by atoms with Crippen molar-refractivity contribution in [1.82, 2.24) is 0 Å². The van der Waals surface area contributed by atoms with E-state index in [-0.39, 0.29) is 0 Å². The Bertz CT molecular complexity index is 716. The Morgan fingerprint density at radius 2 is 1.22 bits per heavy atom. The first-order valence-corrected chi connectivity index (χ1v) is 10.6. The molecule has 2 heteroatoms. The molecule has 2 nitrogen and oxygen atoms in total. The topological polar surface area (TPSA) is 24.4 Å². The molecule has 0 fully saturated rings. The molecule has 0 saturated heterocycles. The third-order valence-corrected chi connectivity index (χ3v) is 5.56. The minimum absolute atomic E-state index is 0.325. The molecule has 2 unspecified atom stereocenters. The number of para-hydroxylation sites is 2. The summed E-state index contributed by atoms with van der Waals surface area (Å²) >= 11 is 0. The highest BCUT2D eigenvalue weighted by molar-refractivity contribution is 5.70. The van der Waals surface area contributed by atoms with Crippen LogP contribution in [0.5, 0.6) is 0 Å². The van der Waals surface area contributed by atoms with E-state index in [0.29, 0.717) is 12.0 Å². The Kier molecular flexibility index (Phi) is 8.09. The second-order valence-electron chi connectivity index (χ2n) is 7.36. The molecular formula is C25H36N2. The van der Waals surface area contributed by atoms with Gasteiger partial charge in [-0.05, 0) is 54.9 Å². The van der Waals surface area contributed by atoms with Crippen LogP contribution in [-0.4, -0.2) is 12.3 Å². The van der Waals surface area contributed by atoms with Crippen molar-refractivity contribution in [3.8, 4) is 0 Å². The van der Waals surface area contributed by atoms with Crippen molar-refractivity contribution in [1.29, 1.82) is 0 Å². The van der Waals surface area contributed by atoms with Crippen LogP contribution in [0.25, 0.3) is 0 Å². The molecule has 2 aromatic rings. The van der Waals surface area contributed by atoms with Gasteiger partial charge in [0.2, 0.25) is 0 Å². The number of hydrogen-bond acceptors (Lipinski definition) is 2. The zero-order chi connectivity index (χ0) is 19.8. The lowest BCUT2D eigenvalue weighted by molar-refractivity contribution is 0.660. The maximum Gasteiger partial charge on any atom is 0.0689 e. The van der Waals surface area contributed by atoms with Gasteiger partial charge in [0.1, 0.15) is 0 Å². The average molecular weight is 365 g/mol. The molecule has 0 aromatic heterocycles. The molecule has 0 radical (unpaired) electrons. The maximum atomic E-state index is 4.93. The summed E-state index contributed by atoms with van der Waals surface area (Å²) in [5.41, 5.74) is 7.96. The van der Waals surface area contributed by atoms with E-state index in [1.807, 2.05) is 0 Å². The molecule has 0 aliphatic carbocycles. The number of hydrogen-bond donors (Lipinski definition) is 1. The van der Waals surface area contributed by atoms with Crippen LogP contribution in [0.2, 0.25) is 0 Å². The molecule has 27 heavy (non-hydrogen) atoms. The van der Waals surface area contributed by atoms with Crippen molar-refractivity contribution in [2.45, 2.75) is 73.3 Å². The zero-order valence-corrected chi connectivity index (χ0v) is 18.0. The van der Waals surface area contributed by atoms with Crippen LogP contribution < -0.4 is 5.32 Å². The lowest BCUT2D eigenvalue weighted by atomic mass is 9.99. The third kappa shape index (κ3) is 5.22. The molecule has 1 N–H and O–H groups in total. The first-order chi connectivity index (χ1) is 13.0.